The Kier molecular flexibility index (Phi) is 4.20. The highest BCUT2D eigenvalue weighted by Crippen LogP contribution is 2.20. The zero-order valence-electron chi connectivity index (χ0n) is 12.4. The average Bonchev–Trinajstić information content (AvgIpc) is 3.00. The van der Waals surface area contributed by atoms with Gasteiger partial charge in [0.25, 0.3) is 5.91 Å². The molecule has 0 aromatic carbocycles. The van der Waals surface area contributed by atoms with Gasteiger partial charge < -0.3 is 14.0 Å². The van der Waals surface area contributed by atoms with Crippen molar-refractivity contribution in [2.45, 2.75) is 32.2 Å². The molecule has 0 aliphatic carbocycles. The fourth-order valence-electron chi connectivity index (χ4n) is 2.91. The summed E-state index contributed by atoms with van der Waals surface area (Å²) in [5.41, 5.74) is 1.57. The van der Waals surface area contributed by atoms with E-state index < -0.39 is 0 Å². The molecule has 1 aliphatic rings. The SMILES string of the molecule is CCOC[C@H]1CCCCN1C(=O)c1ccc2nccn2c1. The molecule has 0 unspecified atom stereocenters. The topological polar surface area (TPSA) is 46.8 Å². The quantitative estimate of drug-likeness (QED) is 0.867. The van der Waals surface area contributed by atoms with Crippen molar-refractivity contribution in [2.75, 3.05) is 19.8 Å². The molecule has 0 radical (unpaired) electrons. The fourth-order valence-corrected chi connectivity index (χ4v) is 2.91. The zero-order chi connectivity index (χ0) is 14.7. The molecule has 0 spiro atoms. The van der Waals surface area contributed by atoms with Crippen LogP contribution in [0, 0.1) is 0 Å². The molecule has 2 aromatic rings. The molecule has 5 heteroatoms. The van der Waals surface area contributed by atoms with Gasteiger partial charge in [-0.05, 0) is 38.3 Å². The Bertz CT molecular complexity index is 623. The number of imidazole rings is 1. The summed E-state index contributed by atoms with van der Waals surface area (Å²) in [5.74, 6) is 0.0926. The van der Waals surface area contributed by atoms with E-state index in [-0.39, 0.29) is 11.9 Å². The maximum Gasteiger partial charge on any atom is 0.255 e. The van der Waals surface area contributed by atoms with Gasteiger partial charge in [-0.25, -0.2) is 4.98 Å². The van der Waals surface area contributed by atoms with Crippen LogP contribution < -0.4 is 0 Å². The molecule has 3 rings (SSSR count). The molecule has 1 amide bonds. The van der Waals surface area contributed by atoms with Crippen molar-refractivity contribution < 1.29 is 9.53 Å². The second kappa shape index (κ2) is 6.26. The lowest BCUT2D eigenvalue weighted by molar-refractivity contribution is 0.0342. The third kappa shape index (κ3) is 2.93. The normalized spacial score (nSPS) is 19.1. The van der Waals surface area contributed by atoms with E-state index in [9.17, 15) is 4.79 Å². The lowest BCUT2D eigenvalue weighted by Crippen LogP contribution is -2.46. The van der Waals surface area contributed by atoms with Crippen LogP contribution in [0.15, 0.2) is 30.7 Å². The Morgan fingerprint density at radius 2 is 2.33 bits per heavy atom. The number of pyridine rings is 1. The second-order valence-electron chi connectivity index (χ2n) is 5.42. The van der Waals surface area contributed by atoms with Crippen molar-refractivity contribution in [3.8, 4) is 0 Å². The van der Waals surface area contributed by atoms with Gasteiger partial charge in [-0.2, -0.15) is 0 Å². The number of rotatable bonds is 4. The maximum atomic E-state index is 12.8. The van der Waals surface area contributed by atoms with Crippen molar-refractivity contribution in [1.82, 2.24) is 14.3 Å². The Morgan fingerprint density at radius 1 is 1.43 bits per heavy atom. The molecule has 1 aliphatic heterocycles. The van der Waals surface area contributed by atoms with Gasteiger partial charge in [-0.3, -0.25) is 4.79 Å². The van der Waals surface area contributed by atoms with E-state index in [1.807, 2.05) is 40.8 Å². The minimum Gasteiger partial charge on any atom is -0.380 e. The van der Waals surface area contributed by atoms with Crippen molar-refractivity contribution in [3.63, 3.8) is 0 Å². The van der Waals surface area contributed by atoms with Crippen LogP contribution in [0.25, 0.3) is 5.65 Å². The van der Waals surface area contributed by atoms with Gasteiger partial charge in [0.2, 0.25) is 0 Å². The Balaban J connectivity index is 1.80. The van der Waals surface area contributed by atoms with Gasteiger partial charge in [0.15, 0.2) is 0 Å². The molecule has 2 aromatic heterocycles. The minimum absolute atomic E-state index is 0.0926. The van der Waals surface area contributed by atoms with Crippen LogP contribution in [0.2, 0.25) is 0 Å². The first-order valence-corrected chi connectivity index (χ1v) is 7.61. The molecule has 0 saturated carbocycles. The summed E-state index contributed by atoms with van der Waals surface area (Å²) in [7, 11) is 0. The van der Waals surface area contributed by atoms with Crippen LogP contribution in [0.1, 0.15) is 36.5 Å². The molecule has 1 fully saturated rings. The van der Waals surface area contributed by atoms with E-state index in [2.05, 4.69) is 4.98 Å². The van der Waals surface area contributed by atoms with Crippen LogP contribution in [-0.4, -0.2) is 46.0 Å². The van der Waals surface area contributed by atoms with E-state index in [4.69, 9.17) is 4.74 Å². The van der Waals surface area contributed by atoms with E-state index in [1.54, 1.807) is 6.20 Å². The van der Waals surface area contributed by atoms with Crippen LogP contribution in [0.5, 0.6) is 0 Å². The molecule has 21 heavy (non-hydrogen) atoms. The number of fused-ring (bicyclic) bond motifs is 1. The van der Waals surface area contributed by atoms with Crippen molar-refractivity contribution >= 4 is 11.6 Å². The fraction of sp³-hybridized carbons (Fsp3) is 0.500. The van der Waals surface area contributed by atoms with Crippen LogP contribution in [-0.2, 0) is 4.74 Å². The van der Waals surface area contributed by atoms with Crippen LogP contribution in [0.4, 0.5) is 0 Å². The Hall–Kier alpha value is -1.88. The van der Waals surface area contributed by atoms with E-state index >= 15 is 0 Å². The molecule has 1 atom stereocenters. The number of nitrogens with zero attached hydrogens (tertiary/aromatic N) is 3. The number of carbonyl (C=O) groups excluding carboxylic acids is 1. The number of likely N-dealkylation sites (tertiary alicyclic amines) is 1. The standard InChI is InChI=1S/C16H21N3O2/c1-2-21-12-14-5-3-4-9-19(14)16(20)13-6-7-15-17-8-10-18(15)11-13/h6-8,10-11,14H,2-5,9,12H2,1H3/t14-/m1/s1. The molecule has 3 heterocycles. The number of carbonyl (C=O) groups is 1. The molecular formula is C16H21N3O2. The van der Waals surface area contributed by atoms with Gasteiger partial charge in [-0.15, -0.1) is 0 Å². The number of hydrogen-bond acceptors (Lipinski definition) is 3. The molecule has 0 N–H and O–H groups in total. The molecule has 112 valence electrons. The van der Waals surface area contributed by atoms with Gasteiger partial charge >= 0.3 is 0 Å². The third-order valence-electron chi connectivity index (χ3n) is 4.04. The number of piperidine rings is 1. The predicted molar refractivity (Wildman–Crippen MR) is 80.4 cm³/mol. The van der Waals surface area contributed by atoms with Crippen LogP contribution >= 0.6 is 0 Å². The zero-order valence-corrected chi connectivity index (χ0v) is 12.4. The highest BCUT2D eigenvalue weighted by atomic mass is 16.5. The maximum absolute atomic E-state index is 12.8. The lowest BCUT2D eigenvalue weighted by atomic mass is 10.0. The van der Waals surface area contributed by atoms with Crippen LogP contribution in [0.3, 0.4) is 0 Å². The summed E-state index contributed by atoms with van der Waals surface area (Å²) >= 11 is 0. The number of aromatic nitrogens is 2. The van der Waals surface area contributed by atoms with Gasteiger partial charge in [0, 0.05) is 31.7 Å². The largest absolute Gasteiger partial charge is 0.380 e. The van der Waals surface area contributed by atoms with Gasteiger partial charge in [-0.1, -0.05) is 0 Å². The smallest absolute Gasteiger partial charge is 0.255 e. The van der Waals surface area contributed by atoms with Crippen molar-refractivity contribution in [2.24, 2.45) is 0 Å². The summed E-state index contributed by atoms with van der Waals surface area (Å²) in [6.07, 6.45) is 8.72. The number of ether oxygens (including phenoxy) is 1. The summed E-state index contributed by atoms with van der Waals surface area (Å²) in [5, 5.41) is 0. The summed E-state index contributed by atoms with van der Waals surface area (Å²) in [6, 6.07) is 3.94. The summed E-state index contributed by atoms with van der Waals surface area (Å²) in [6.45, 7) is 4.13. The Morgan fingerprint density at radius 3 is 3.19 bits per heavy atom. The van der Waals surface area contributed by atoms with Gasteiger partial charge in [0.05, 0.1) is 18.2 Å². The predicted octanol–water partition coefficient (Wildman–Crippen LogP) is 2.37. The first-order chi connectivity index (χ1) is 10.3. The highest BCUT2D eigenvalue weighted by molar-refractivity contribution is 5.94. The first kappa shape index (κ1) is 14.1. The molecule has 1 saturated heterocycles. The first-order valence-electron chi connectivity index (χ1n) is 7.61. The highest BCUT2D eigenvalue weighted by Gasteiger charge is 2.27. The lowest BCUT2D eigenvalue weighted by Gasteiger charge is -2.35. The summed E-state index contributed by atoms with van der Waals surface area (Å²) in [4.78, 5) is 19.0. The minimum atomic E-state index is 0.0926. The summed E-state index contributed by atoms with van der Waals surface area (Å²) < 4.78 is 7.42. The van der Waals surface area contributed by atoms with Crippen molar-refractivity contribution in [3.05, 3.63) is 36.3 Å². The molecular weight excluding hydrogens is 266 g/mol. The van der Waals surface area contributed by atoms with E-state index in [1.165, 1.54) is 6.42 Å². The molecule has 5 nitrogen and oxygen atoms in total. The van der Waals surface area contributed by atoms with E-state index in [0.717, 1.165) is 25.0 Å². The number of hydrogen-bond donors (Lipinski definition) is 0. The Labute approximate surface area is 124 Å². The number of amides is 1. The third-order valence-corrected chi connectivity index (χ3v) is 4.04. The second-order valence-corrected chi connectivity index (χ2v) is 5.42. The van der Waals surface area contributed by atoms with Crippen molar-refractivity contribution in [1.29, 1.82) is 0 Å². The van der Waals surface area contributed by atoms with Gasteiger partial charge in [0.1, 0.15) is 5.65 Å². The van der Waals surface area contributed by atoms with E-state index in [0.29, 0.717) is 18.8 Å². The average molecular weight is 287 g/mol. The monoisotopic (exact) mass is 287 g/mol. The molecule has 0 bridgehead atoms.